The maximum absolute atomic E-state index is 12.0. The minimum Gasteiger partial charge on any atom is -0.454 e. The number of amides is 1. The zero-order valence-corrected chi connectivity index (χ0v) is 21.7. The van der Waals surface area contributed by atoms with Crippen molar-refractivity contribution in [2.45, 2.75) is 6.54 Å². The number of ether oxygens (including phenoxy) is 4. The minimum absolute atomic E-state index is 0.118. The highest BCUT2D eigenvalue weighted by atomic mass is 16.7. The van der Waals surface area contributed by atoms with Gasteiger partial charge in [0.25, 0.3) is 5.91 Å². The molecule has 0 radical (unpaired) electrons. The number of hydrogen-bond acceptors (Lipinski definition) is 12. The van der Waals surface area contributed by atoms with E-state index in [-0.39, 0.29) is 12.7 Å². The Balaban J connectivity index is 1.13. The molecule has 1 aliphatic rings. The topological polar surface area (TPSA) is 167 Å². The molecule has 0 saturated carbocycles. The lowest BCUT2D eigenvalue weighted by atomic mass is 10.2. The van der Waals surface area contributed by atoms with Crippen molar-refractivity contribution in [3.05, 3.63) is 59.7 Å². The fourth-order valence-corrected chi connectivity index (χ4v) is 3.51. The molecule has 0 atom stereocenters. The molecule has 0 aliphatic carbocycles. The number of carbonyl (C=O) groups is 1. The van der Waals surface area contributed by atoms with Crippen molar-refractivity contribution in [3.8, 4) is 11.5 Å². The Morgan fingerprint density at radius 1 is 0.795 bits per heavy atom. The molecule has 39 heavy (non-hydrogen) atoms. The van der Waals surface area contributed by atoms with Crippen LogP contribution < -0.4 is 36.5 Å². The first kappa shape index (κ1) is 27.8. The average Bonchev–Trinajstić information content (AvgIpc) is 3.44. The highest BCUT2D eigenvalue weighted by Gasteiger charge is 2.13. The van der Waals surface area contributed by atoms with E-state index in [9.17, 15) is 4.79 Å². The fourth-order valence-electron chi connectivity index (χ4n) is 3.51. The molecule has 1 amide bonds. The van der Waals surface area contributed by atoms with Crippen LogP contribution in [-0.2, 0) is 16.0 Å². The number of anilines is 3. The quantitative estimate of drug-likeness (QED) is 0.157. The summed E-state index contributed by atoms with van der Waals surface area (Å²) in [5.41, 5.74) is 7.23. The normalized spacial score (nSPS) is 11.7. The molecule has 0 saturated heterocycles. The average molecular weight is 539 g/mol. The van der Waals surface area contributed by atoms with Crippen molar-refractivity contribution in [1.82, 2.24) is 20.3 Å². The predicted octanol–water partition coefficient (Wildman–Crippen LogP) is 1.46. The van der Waals surface area contributed by atoms with Crippen molar-refractivity contribution < 1.29 is 23.7 Å². The van der Waals surface area contributed by atoms with Crippen LogP contribution in [0, 0.1) is 0 Å². The minimum atomic E-state index is -0.118. The zero-order chi connectivity index (χ0) is 27.1. The van der Waals surface area contributed by atoms with E-state index in [1.165, 1.54) is 0 Å². The van der Waals surface area contributed by atoms with Crippen LogP contribution in [0.1, 0.15) is 15.9 Å². The Kier molecular flexibility index (Phi) is 10.9. The third-order valence-corrected chi connectivity index (χ3v) is 5.42. The molecule has 2 heterocycles. The lowest BCUT2D eigenvalue weighted by molar-refractivity contribution is 0.0519. The number of fused-ring (bicyclic) bond motifs is 1. The molecule has 208 valence electrons. The standard InChI is InChI=1S/C26H34N8O5/c27-8-9-29-24-32-25(34-26(33-24)31-17-19-6-7-21-22(16-19)39-18-38-21)30-11-13-37-15-14-36-12-10-28-23(35)20-4-2-1-3-5-20/h1-7,16H,8-15,17-18,27H2,(H,28,35)(H3,29,30,31,32,33,34). The van der Waals surface area contributed by atoms with Crippen LogP contribution in [0.5, 0.6) is 11.5 Å². The van der Waals surface area contributed by atoms with E-state index in [4.69, 9.17) is 24.7 Å². The first-order chi connectivity index (χ1) is 19.2. The second-order valence-electron chi connectivity index (χ2n) is 8.34. The monoisotopic (exact) mass is 538 g/mol. The number of rotatable bonds is 17. The van der Waals surface area contributed by atoms with Crippen LogP contribution in [0.15, 0.2) is 48.5 Å². The van der Waals surface area contributed by atoms with Crippen LogP contribution in [0.2, 0.25) is 0 Å². The second-order valence-corrected chi connectivity index (χ2v) is 8.34. The first-order valence-electron chi connectivity index (χ1n) is 12.8. The highest BCUT2D eigenvalue weighted by Crippen LogP contribution is 2.32. The Hall–Kier alpha value is -4.20. The van der Waals surface area contributed by atoms with Gasteiger partial charge in [-0.15, -0.1) is 0 Å². The van der Waals surface area contributed by atoms with Gasteiger partial charge in [0.2, 0.25) is 24.6 Å². The molecule has 0 unspecified atom stereocenters. The number of hydrogen-bond donors (Lipinski definition) is 5. The molecule has 13 heteroatoms. The molecule has 1 aromatic heterocycles. The van der Waals surface area contributed by atoms with Crippen LogP contribution in [0.4, 0.5) is 17.8 Å². The van der Waals surface area contributed by atoms with Crippen LogP contribution in [-0.4, -0.2) is 80.3 Å². The predicted molar refractivity (Wildman–Crippen MR) is 146 cm³/mol. The van der Waals surface area contributed by atoms with E-state index in [0.717, 1.165) is 17.1 Å². The molecule has 4 rings (SSSR count). The van der Waals surface area contributed by atoms with Gasteiger partial charge in [0.15, 0.2) is 11.5 Å². The van der Waals surface area contributed by atoms with Gasteiger partial charge in [-0.25, -0.2) is 0 Å². The number of carbonyl (C=O) groups excluding carboxylic acids is 1. The Morgan fingerprint density at radius 3 is 2.21 bits per heavy atom. The third-order valence-electron chi connectivity index (χ3n) is 5.42. The summed E-state index contributed by atoms with van der Waals surface area (Å²) in [6, 6.07) is 14.8. The SMILES string of the molecule is NCCNc1nc(NCCOCCOCCNC(=O)c2ccccc2)nc(NCc2ccc3c(c2)OCO3)n1. The fraction of sp³-hybridized carbons (Fsp3) is 0.385. The van der Waals surface area contributed by atoms with Crippen LogP contribution >= 0.6 is 0 Å². The van der Waals surface area contributed by atoms with Gasteiger partial charge in [-0.2, -0.15) is 15.0 Å². The summed E-state index contributed by atoms with van der Waals surface area (Å²) in [5.74, 6) is 2.58. The van der Waals surface area contributed by atoms with Gasteiger partial charge in [0, 0.05) is 38.3 Å². The van der Waals surface area contributed by atoms with Gasteiger partial charge >= 0.3 is 0 Å². The van der Waals surface area contributed by atoms with Crippen LogP contribution in [0.25, 0.3) is 0 Å². The molecule has 1 aliphatic heterocycles. The van der Waals surface area contributed by atoms with E-state index in [0.29, 0.717) is 82.6 Å². The summed E-state index contributed by atoms with van der Waals surface area (Å²) >= 11 is 0. The molecular weight excluding hydrogens is 504 g/mol. The summed E-state index contributed by atoms with van der Waals surface area (Å²) < 4.78 is 21.9. The van der Waals surface area contributed by atoms with Crippen molar-refractivity contribution in [2.24, 2.45) is 5.73 Å². The lowest BCUT2D eigenvalue weighted by Crippen LogP contribution is -2.27. The zero-order valence-electron chi connectivity index (χ0n) is 21.7. The number of benzene rings is 2. The number of nitrogens with zero attached hydrogens (tertiary/aromatic N) is 3. The Labute approximate surface area is 226 Å². The van der Waals surface area contributed by atoms with Crippen molar-refractivity contribution in [1.29, 1.82) is 0 Å². The smallest absolute Gasteiger partial charge is 0.251 e. The summed E-state index contributed by atoms with van der Waals surface area (Å²) in [6.45, 7) is 4.33. The Bertz CT molecular complexity index is 1180. The number of nitrogens with two attached hydrogens (primary N) is 1. The van der Waals surface area contributed by atoms with E-state index in [2.05, 4.69) is 36.2 Å². The number of aromatic nitrogens is 3. The van der Waals surface area contributed by atoms with Crippen molar-refractivity contribution in [3.63, 3.8) is 0 Å². The summed E-state index contributed by atoms with van der Waals surface area (Å²) in [4.78, 5) is 25.2. The first-order valence-corrected chi connectivity index (χ1v) is 12.8. The van der Waals surface area contributed by atoms with Gasteiger partial charge in [0.1, 0.15) is 0 Å². The van der Waals surface area contributed by atoms with Gasteiger partial charge < -0.3 is 45.9 Å². The molecule has 0 spiro atoms. The molecule has 2 aromatic carbocycles. The third kappa shape index (κ3) is 9.25. The summed E-state index contributed by atoms with van der Waals surface area (Å²) in [5, 5.41) is 12.3. The summed E-state index contributed by atoms with van der Waals surface area (Å²) in [7, 11) is 0. The molecule has 0 fully saturated rings. The summed E-state index contributed by atoms with van der Waals surface area (Å²) in [6.07, 6.45) is 0. The maximum atomic E-state index is 12.0. The van der Waals surface area contributed by atoms with Gasteiger partial charge in [-0.1, -0.05) is 24.3 Å². The van der Waals surface area contributed by atoms with Crippen molar-refractivity contribution in [2.75, 3.05) is 75.3 Å². The van der Waals surface area contributed by atoms with E-state index < -0.39 is 0 Å². The van der Waals surface area contributed by atoms with E-state index >= 15 is 0 Å². The van der Waals surface area contributed by atoms with E-state index in [1.807, 2.05) is 36.4 Å². The maximum Gasteiger partial charge on any atom is 0.251 e. The van der Waals surface area contributed by atoms with Gasteiger partial charge in [-0.05, 0) is 29.8 Å². The molecule has 3 aromatic rings. The number of nitrogens with one attached hydrogen (secondary N) is 4. The largest absolute Gasteiger partial charge is 0.454 e. The lowest BCUT2D eigenvalue weighted by Gasteiger charge is -2.12. The highest BCUT2D eigenvalue weighted by molar-refractivity contribution is 5.94. The molecule has 0 bridgehead atoms. The second kappa shape index (κ2) is 15.3. The van der Waals surface area contributed by atoms with Gasteiger partial charge in [0.05, 0.1) is 26.4 Å². The Morgan fingerprint density at radius 2 is 1.46 bits per heavy atom. The molecular formula is C26H34N8O5. The van der Waals surface area contributed by atoms with E-state index in [1.54, 1.807) is 12.1 Å². The molecule has 6 N–H and O–H groups in total. The molecule has 13 nitrogen and oxygen atoms in total. The van der Waals surface area contributed by atoms with Crippen molar-refractivity contribution >= 4 is 23.8 Å². The van der Waals surface area contributed by atoms with Crippen LogP contribution in [0.3, 0.4) is 0 Å². The van der Waals surface area contributed by atoms with Gasteiger partial charge in [-0.3, -0.25) is 4.79 Å².